The van der Waals surface area contributed by atoms with Crippen molar-refractivity contribution in [2.24, 2.45) is 4.99 Å². The third-order valence-corrected chi connectivity index (χ3v) is 6.49. The van der Waals surface area contributed by atoms with Crippen LogP contribution in [0.2, 0.25) is 0 Å². The molecule has 0 spiro atoms. The first kappa shape index (κ1) is 26.4. The number of hydrogen-bond acceptors (Lipinski definition) is 1. The van der Waals surface area contributed by atoms with E-state index in [-0.39, 0.29) is 20.1 Å². The monoisotopic (exact) mass is 722 g/mol. The summed E-state index contributed by atoms with van der Waals surface area (Å²) in [5.41, 5.74) is 7.36. The van der Waals surface area contributed by atoms with Gasteiger partial charge in [-0.3, -0.25) is 4.99 Å². The number of hydrogen-bond donors (Lipinski definition) is 0. The molecule has 0 bridgehead atoms. The number of allylic oxidation sites excluding steroid dienone is 2. The van der Waals surface area contributed by atoms with Crippen LogP contribution in [0, 0.1) is 14.0 Å². The van der Waals surface area contributed by atoms with Crippen molar-refractivity contribution in [2.75, 3.05) is 0 Å². The molecular weight excluding hydrogens is 698 g/mol. The Morgan fingerprint density at radius 2 is 1.62 bits per heavy atom. The van der Waals surface area contributed by atoms with E-state index in [9.17, 15) is 0 Å². The van der Waals surface area contributed by atoms with Gasteiger partial charge in [-0.2, -0.15) is 24.8 Å². The molecule has 6 rings (SSSR count). The fourth-order valence-electron chi connectivity index (χ4n) is 4.25. The van der Waals surface area contributed by atoms with Crippen LogP contribution in [0.25, 0.3) is 27.6 Å². The van der Waals surface area contributed by atoms with Crippen LogP contribution in [0.1, 0.15) is 16.8 Å². The molecule has 37 heavy (non-hydrogen) atoms. The minimum absolute atomic E-state index is 0. The number of aromatic nitrogens is 2. The molecule has 5 aromatic rings. The van der Waals surface area contributed by atoms with Gasteiger partial charge in [-0.1, -0.05) is 70.5 Å². The zero-order valence-electron chi connectivity index (χ0n) is 20.0. The second kappa shape index (κ2) is 12.1. The van der Waals surface area contributed by atoms with Crippen molar-refractivity contribution in [1.29, 1.82) is 0 Å². The Balaban J connectivity index is 0.000000168. The van der Waals surface area contributed by atoms with Crippen molar-refractivity contribution in [2.45, 2.75) is 0 Å². The summed E-state index contributed by atoms with van der Waals surface area (Å²) in [4.78, 5) is 8.77. The van der Waals surface area contributed by atoms with Crippen LogP contribution >= 0.6 is 15.9 Å². The number of aliphatic imine (C=N–C) groups is 1. The third-order valence-electron chi connectivity index (χ3n) is 5.96. The molecular formula is C32H24BrIrN3+. The number of nitrogens with zero attached hydrogens (tertiary/aromatic N) is 3. The molecule has 5 heteroatoms. The molecule has 1 aliphatic rings. The van der Waals surface area contributed by atoms with Gasteiger partial charge >= 0.3 is 20.1 Å². The van der Waals surface area contributed by atoms with Crippen molar-refractivity contribution in [3.8, 4) is 11.3 Å². The number of pyridine rings is 1. The summed E-state index contributed by atoms with van der Waals surface area (Å²) in [7, 11) is 4.08. The smallest absolute Gasteiger partial charge is 0.664 e. The zero-order valence-corrected chi connectivity index (χ0v) is 24.0. The average molecular weight is 723 g/mol. The van der Waals surface area contributed by atoms with E-state index >= 15 is 0 Å². The van der Waals surface area contributed by atoms with Gasteiger partial charge in [0.15, 0.2) is 0 Å². The van der Waals surface area contributed by atoms with Crippen molar-refractivity contribution in [3.63, 3.8) is 0 Å². The predicted molar refractivity (Wildman–Crippen MR) is 152 cm³/mol. The molecule has 0 aliphatic carbocycles. The topological polar surface area (TPSA) is 30.3 Å². The minimum Gasteiger partial charge on any atom is -0.664 e. The van der Waals surface area contributed by atoms with E-state index in [1.54, 1.807) is 12.4 Å². The first-order chi connectivity index (χ1) is 17.6. The SMILES string of the molecule is Brc1ccc(/C(=C2\C=CC=N2)c2ccc[n-]2)cc1.[CH2-]c1ccccc1-c1c2ccccc2cc[n+]1[CH2-].[Ir+3]. The van der Waals surface area contributed by atoms with Crippen molar-refractivity contribution < 1.29 is 24.7 Å². The van der Waals surface area contributed by atoms with Crippen LogP contribution in [0.15, 0.2) is 131 Å². The molecule has 0 atom stereocenters. The van der Waals surface area contributed by atoms with E-state index < -0.39 is 0 Å². The number of rotatable bonds is 3. The predicted octanol–water partition coefficient (Wildman–Crippen LogP) is 7.42. The summed E-state index contributed by atoms with van der Waals surface area (Å²) in [5, 5.41) is 2.42. The molecule has 0 radical (unpaired) electrons. The van der Waals surface area contributed by atoms with Gasteiger partial charge in [0, 0.05) is 17.7 Å². The first-order valence-corrected chi connectivity index (χ1v) is 12.4. The van der Waals surface area contributed by atoms with Gasteiger partial charge in [0.2, 0.25) is 0 Å². The molecule has 182 valence electrons. The Labute approximate surface area is 239 Å². The van der Waals surface area contributed by atoms with E-state index in [2.05, 4.69) is 88.4 Å². The van der Waals surface area contributed by atoms with Crippen LogP contribution < -0.4 is 9.55 Å². The number of halogens is 1. The molecule has 0 saturated heterocycles. The molecule has 0 unspecified atom stereocenters. The minimum atomic E-state index is 0. The van der Waals surface area contributed by atoms with Gasteiger partial charge in [-0.05, 0) is 52.3 Å². The van der Waals surface area contributed by atoms with Crippen molar-refractivity contribution in [3.05, 3.63) is 157 Å². The molecule has 3 heterocycles. The Bertz CT molecular complexity index is 1580. The maximum atomic E-state index is 4.38. The zero-order chi connectivity index (χ0) is 24.9. The molecule has 0 N–H and O–H groups in total. The normalized spacial score (nSPS) is 13.1. The molecule has 3 aromatic carbocycles. The average Bonchev–Trinajstić information content (AvgIpc) is 3.62. The molecule has 1 aliphatic heterocycles. The summed E-state index contributed by atoms with van der Waals surface area (Å²) >= 11 is 3.45. The van der Waals surface area contributed by atoms with Gasteiger partial charge < -0.3 is 9.55 Å². The fourth-order valence-corrected chi connectivity index (χ4v) is 4.51. The van der Waals surface area contributed by atoms with Gasteiger partial charge in [0.25, 0.3) is 0 Å². The summed E-state index contributed by atoms with van der Waals surface area (Å²) in [5.74, 6) is 0. The van der Waals surface area contributed by atoms with Crippen LogP contribution in [0.5, 0.6) is 0 Å². The summed E-state index contributed by atoms with van der Waals surface area (Å²) < 4.78 is 2.98. The van der Waals surface area contributed by atoms with Crippen LogP contribution in [0.4, 0.5) is 0 Å². The maximum Gasteiger partial charge on any atom is 3.00 e. The van der Waals surface area contributed by atoms with Crippen LogP contribution in [0.3, 0.4) is 0 Å². The maximum absolute atomic E-state index is 4.38. The largest absolute Gasteiger partial charge is 3.00 e. The second-order valence-corrected chi connectivity index (χ2v) is 9.22. The van der Waals surface area contributed by atoms with E-state index in [4.69, 9.17) is 0 Å². The van der Waals surface area contributed by atoms with Crippen molar-refractivity contribution >= 4 is 38.5 Å². The van der Waals surface area contributed by atoms with E-state index in [0.29, 0.717) is 0 Å². The fraction of sp³-hybridized carbons (Fsp3) is 0. The van der Waals surface area contributed by atoms with E-state index in [0.717, 1.165) is 43.8 Å². The standard InChI is InChI=1S/C17H14N.C15H10BrN2.Ir/c1-13-7-3-5-9-15(13)17-16-10-6-4-8-14(16)11-12-18(17)2;16-12-7-5-11(6-8-12)15(13-3-1-9-17-13)14-4-2-10-18-14;/h3-12H,1-2H2;1-10H;/q2*-1;+3/b;15-13-;. The Hall–Kier alpha value is -3.63. The van der Waals surface area contributed by atoms with E-state index in [1.165, 1.54) is 10.8 Å². The summed E-state index contributed by atoms with van der Waals surface area (Å²) in [6.45, 7) is 4.10. The Kier molecular flexibility index (Phi) is 8.62. The third kappa shape index (κ3) is 5.86. The van der Waals surface area contributed by atoms with E-state index in [1.807, 2.05) is 65.4 Å². The second-order valence-electron chi connectivity index (χ2n) is 8.31. The Morgan fingerprint density at radius 1 is 0.865 bits per heavy atom. The molecule has 0 fully saturated rings. The first-order valence-electron chi connectivity index (χ1n) is 11.6. The van der Waals surface area contributed by atoms with Gasteiger partial charge in [0.05, 0.1) is 17.6 Å². The van der Waals surface area contributed by atoms with Crippen LogP contribution in [-0.4, -0.2) is 6.21 Å². The quantitative estimate of drug-likeness (QED) is 0.141. The summed E-state index contributed by atoms with van der Waals surface area (Å²) in [6, 6.07) is 30.7. The molecule has 0 saturated carbocycles. The molecule has 2 aromatic heterocycles. The van der Waals surface area contributed by atoms with Gasteiger partial charge in [-0.25, -0.2) is 0 Å². The molecule has 0 amide bonds. The number of benzene rings is 3. The molecule has 3 nitrogen and oxygen atoms in total. The van der Waals surface area contributed by atoms with Gasteiger partial charge in [-0.15, -0.1) is 23.4 Å². The summed E-state index contributed by atoms with van der Waals surface area (Å²) in [6.07, 6.45) is 9.54. The van der Waals surface area contributed by atoms with Crippen LogP contribution in [-0.2, 0) is 20.1 Å². The van der Waals surface area contributed by atoms with Gasteiger partial charge in [0.1, 0.15) is 0 Å². The number of fused-ring (bicyclic) bond motifs is 1. The Morgan fingerprint density at radius 3 is 2.32 bits per heavy atom. The van der Waals surface area contributed by atoms with Crippen molar-refractivity contribution in [1.82, 2.24) is 4.98 Å².